The molecule has 1 heterocycles. The van der Waals surface area contributed by atoms with Gasteiger partial charge in [-0.15, -0.1) is 0 Å². The summed E-state index contributed by atoms with van der Waals surface area (Å²) in [6.07, 6.45) is 1.11. The third-order valence-electron chi connectivity index (χ3n) is 4.41. The molecule has 0 saturated carbocycles. The molecule has 3 amide bonds. The number of thiazole rings is 1. The number of fused-ring (bicyclic) bond motifs is 1. The summed E-state index contributed by atoms with van der Waals surface area (Å²) in [5.74, 6) is -0.186. The summed E-state index contributed by atoms with van der Waals surface area (Å²) in [7, 11) is 3.35. The minimum atomic E-state index is -0.462. The van der Waals surface area contributed by atoms with Gasteiger partial charge in [0.2, 0.25) is 5.91 Å². The lowest BCUT2D eigenvalue weighted by Gasteiger charge is -2.29. The second-order valence-electron chi connectivity index (χ2n) is 6.39. The number of nitrogens with zero attached hydrogens (tertiary/aromatic N) is 2. The van der Waals surface area contributed by atoms with Crippen molar-refractivity contribution < 1.29 is 9.59 Å². The third kappa shape index (κ3) is 4.41. The maximum absolute atomic E-state index is 11.8. The minimum absolute atomic E-state index is 0.0124. The molecule has 1 aromatic carbocycles. The molecule has 3 rings (SSSR count). The smallest absolute Gasteiger partial charge is 0.320 e. The van der Waals surface area contributed by atoms with E-state index in [0.717, 1.165) is 22.0 Å². The number of hydrogen-bond acceptors (Lipinski definition) is 6. The van der Waals surface area contributed by atoms with E-state index >= 15 is 0 Å². The van der Waals surface area contributed by atoms with Crippen molar-refractivity contribution in [3.63, 3.8) is 0 Å². The van der Waals surface area contributed by atoms with Crippen LogP contribution in [0.4, 0.5) is 15.6 Å². The maximum Gasteiger partial charge on any atom is 0.320 e. The van der Waals surface area contributed by atoms with Gasteiger partial charge in [-0.2, -0.15) is 0 Å². The van der Waals surface area contributed by atoms with Crippen LogP contribution >= 0.6 is 22.9 Å². The Morgan fingerprint density at radius 3 is 2.66 bits per heavy atom. The molecule has 0 fully saturated rings. The van der Waals surface area contributed by atoms with E-state index in [1.165, 1.54) is 25.3 Å². The predicted octanol–water partition coefficient (Wildman–Crippen LogP) is 3.45. The van der Waals surface area contributed by atoms with E-state index < -0.39 is 6.03 Å². The Balaban J connectivity index is 2.13. The van der Waals surface area contributed by atoms with Crippen LogP contribution in [0.3, 0.4) is 0 Å². The number of anilines is 2. The van der Waals surface area contributed by atoms with E-state index in [9.17, 15) is 9.59 Å². The largest absolute Gasteiger partial charge is 0.342 e. The highest BCUT2D eigenvalue weighted by atomic mass is 35.5. The summed E-state index contributed by atoms with van der Waals surface area (Å²) >= 11 is 7.74. The Hall–Kier alpha value is -2.91. The van der Waals surface area contributed by atoms with Crippen LogP contribution in [0.1, 0.15) is 23.9 Å². The van der Waals surface area contributed by atoms with Crippen molar-refractivity contribution in [2.75, 3.05) is 24.3 Å². The number of aromatic nitrogens is 1. The molecule has 29 heavy (non-hydrogen) atoms. The minimum Gasteiger partial charge on any atom is -0.342 e. The maximum atomic E-state index is 11.8. The van der Waals surface area contributed by atoms with Crippen molar-refractivity contribution in [1.82, 2.24) is 15.6 Å². The number of carbonyl (C=O) groups is 2. The van der Waals surface area contributed by atoms with Crippen LogP contribution in [-0.4, -0.2) is 36.9 Å². The molecule has 4 N–H and O–H groups in total. The molecule has 0 saturated heterocycles. The Kier molecular flexibility index (Phi) is 6.19. The number of benzene rings is 1. The van der Waals surface area contributed by atoms with Gasteiger partial charge in [0.1, 0.15) is 5.84 Å². The van der Waals surface area contributed by atoms with Gasteiger partial charge in [-0.1, -0.05) is 35.1 Å². The van der Waals surface area contributed by atoms with Gasteiger partial charge < -0.3 is 15.5 Å². The Bertz CT molecular complexity index is 1020. The second-order valence-corrected chi connectivity index (χ2v) is 7.80. The zero-order valence-electron chi connectivity index (χ0n) is 16.2. The van der Waals surface area contributed by atoms with Gasteiger partial charge in [0.25, 0.3) is 0 Å². The van der Waals surface area contributed by atoms with Crippen LogP contribution in [-0.2, 0) is 11.2 Å². The van der Waals surface area contributed by atoms with Crippen LogP contribution in [0.15, 0.2) is 29.8 Å². The zero-order chi connectivity index (χ0) is 21.1. The molecule has 2 aromatic rings. The molecule has 0 aliphatic heterocycles. The Labute approximate surface area is 177 Å². The van der Waals surface area contributed by atoms with E-state index in [1.807, 2.05) is 30.1 Å². The molecule has 1 aromatic heterocycles. The number of halogens is 1. The van der Waals surface area contributed by atoms with E-state index in [0.29, 0.717) is 28.6 Å². The lowest BCUT2D eigenvalue weighted by Crippen LogP contribution is -2.39. The monoisotopic (exact) mass is 432 g/mol. The lowest BCUT2D eigenvalue weighted by molar-refractivity contribution is -0.114. The number of hydrogen-bond donors (Lipinski definition) is 4. The van der Waals surface area contributed by atoms with Crippen LogP contribution in [0.2, 0.25) is 5.02 Å². The molecule has 10 heteroatoms. The van der Waals surface area contributed by atoms with Gasteiger partial charge in [0.05, 0.1) is 27.0 Å². The number of carbonyl (C=O) groups excluding carboxylic acids is 2. The number of para-hydroxylation sites is 1. The first-order valence-corrected chi connectivity index (χ1v) is 10.1. The summed E-state index contributed by atoms with van der Waals surface area (Å²) < 4.78 is 0. The van der Waals surface area contributed by atoms with Crippen molar-refractivity contribution >= 4 is 57.2 Å². The molecule has 8 nitrogen and oxygen atoms in total. The Morgan fingerprint density at radius 2 is 2.00 bits per heavy atom. The molecule has 0 radical (unpaired) electrons. The van der Waals surface area contributed by atoms with E-state index in [1.54, 1.807) is 6.07 Å². The van der Waals surface area contributed by atoms with Crippen LogP contribution in [0, 0.1) is 5.41 Å². The summed E-state index contributed by atoms with van der Waals surface area (Å²) in [6, 6.07) is 6.94. The first-order chi connectivity index (χ1) is 13.8. The molecule has 0 atom stereocenters. The highest BCUT2D eigenvalue weighted by Gasteiger charge is 2.29. The lowest BCUT2D eigenvalue weighted by atomic mass is 9.96. The highest BCUT2D eigenvalue weighted by molar-refractivity contribution is 7.17. The van der Waals surface area contributed by atoms with Gasteiger partial charge >= 0.3 is 6.03 Å². The number of amidine groups is 1. The van der Waals surface area contributed by atoms with Crippen LogP contribution < -0.4 is 20.9 Å². The quantitative estimate of drug-likeness (QED) is 0.438. The van der Waals surface area contributed by atoms with Gasteiger partial charge in [0.15, 0.2) is 5.13 Å². The Morgan fingerprint density at radius 1 is 1.28 bits per heavy atom. The summed E-state index contributed by atoms with van der Waals surface area (Å²) in [5, 5.41) is 17.2. The average Bonchev–Trinajstić information content (AvgIpc) is 3.08. The van der Waals surface area contributed by atoms with Crippen molar-refractivity contribution in [3.8, 4) is 0 Å². The molecule has 0 unspecified atom stereocenters. The van der Waals surface area contributed by atoms with Crippen LogP contribution in [0.5, 0.6) is 0 Å². The van der Waals surface area contributed by atoms with Crippen molar-refractivity contribution in [3.05, 3.63) is 45.4 Å². The zero-order valence-corrected chi connectivity index (χ0v) is 17.8. The summed E-state index contributed by atoms with van der Waals surface area (Å²) in [4.78, 5) is 30.5. The normalized spacial score (nSPS) is 12.8. The topological polar surface area (TPSA) is 110 Å². The van der Waals surface area contributed by atoms with Gasteiger partial charge in [-0.05, 0) is 25.0 Å². The van der Waals surface area contributed by atoms with Crippen LogP contribution in [0.25, 0.3) is 5.70 Å². The second kappa shape index (κ2) is 8.62. The number of rotatable bonds is 4. The SMILES string of the molecule is CNC(=O)NC(=N)C1=C(N(C)c2ccccc2Cl)c2sc(NC(C)=O)nc2CC1. The summed E-state index contributed by atoms with van der Waals surface area (Å²) in [5.41, 5.74) is 3.00. The molecule has 0 spiro atoms. The number of urea groups is 1. The van der Waals surface area contributed by atoms with Crippen molar-refractivity contribution in [2.24, 2.45) is 0 Å². The van der Waals surface area contributed by atoms with E-state index in [4.69, 9.17) is 17.0 Å². The van der Waals surface area contributed by atoms with E-state index in [-0.39, 0.29) is 11.7 Å². The fraction of sp³-hybridized carbons (Fsp3) is 0.263. The molecule has 0 bridgehead atoms. The predicted molar refractivity (Wildman–Crippen MR) is 117 cm³/mol. The van der Waals surface area contributed by atoms with Gasteiger partial charge in [-0.3, -0.25) is 15.5 Å². The number of amides is 3. The van der Waals surface area contributed by atoms with Crippen molar-refractivity contribution in [2.45, 2.75) is 19.8 Å². The molecule has 152 valence electrons. The standard InChI is InChI=1S/C19H21ClN6O2S/c1-10(27)23-19-24-13-9-8-11(17(21)25-18(28)22-2)15(16(13)29-19)26(3)14-7-5-4-6-12(14)20/h4-7H,8-9H2,1-3H3,(H,23,24,27)(H3,21,22,25,28). The molecule has 1 aliphatic rings. The molecule has 1 aliphatic carbocycles. The summed E-state index contributed by atoms with van der Waals surface area (Å²) in [6.45, 7) is 1.43. The molecular formula is C19H21ClN6O2S. The first kappa shape index (κ1) is 20.8. The van der Waals surface area contributed by atoms with Gasteiger partial charge in [0, 0.05) is 26.6 Å². The first-order valence-electron chi connectivity index (χ1n) is 8.88. The fourth-order valence-corrected chi connectivity index (χ4v) is 4.53. The fourth-order valence-electron chi connectivity index (χ4n) is 3.10. The highest BCUT2D eigenvalue weighted by Crippen LogP contribution is 2.41. The number of nitrogens with one attached hydrogen (secondary N) is 4. The van der Waals surface area contributed by atoms with Gasteiger partial charge in [-0.25, -0.2) is 9.78 Å². The van der Waals surface area contributed by atoms with E-state index in [2.05, 4.69) is 20.9 Å². The molecular weight excluding hydrogens is 412 g/mol. The third-order valence-corrected chi connectivity index (χ3v) is 5.75. The number of aryl methyl sites for hydroxylation is 1. The van der Waals surface area contributed by atoms with Crippen molar-refractivity contribution in [1.29, 1.82) is 5.41 Å². The average molecular weight is 433 g/mol.